The smallest absolute Gasteiger partial charge is 0.303 e. The van der Waals surface area contributed by atoms with Crippen molar-refractivity contribution in [1.29, 1.82) is 0 Å². The Bertz CT molecular complexity index is 321. The van der Waals surface area contributed by atoms with E-state index < -0.39 is 0 Å². The van der Waals surface area contributed by atoms with E-state index in [4.69, 9.17) is 0 Å². The number of nitrogens with one attached hydrogen (secondary N) is 1. The van der Waals surface area contributed by atoms with E-state index in [0.717, 1.165) is 0 Å². The molecule has 0 spiro atoms. The Labute approximate surface area is 83.8 Å². The molecule has 0 aliphatic rings. The Hall–Kier alpha value is -0.385. The van der Waals surface area contributed by atoms with Crippen molar-refractivity contribution in [1.82, 2.24) is 9.55 Å². The maximum atomic E-state index is 10.7. The zero-order chi connectivity index (χ0) is 7.72. The van der Waals surface area contributed by atoms with Crippen LogP contribution in [-0.4, -0.2) is 9.55 Å². The first-order valence-corrected chi connectivity index (χ1v) is 2.88. The Morgan fingerprint density at radius 2 is 2.00 bits per heavy atom. The summed E-state index contributed by atoms with van der Waals surface area (Å²) in [5.74, 6) is 0. The van der Waals surface area contributed by atoms with Crippen LogP contribution in [0, 0.1) is 6.92 Å². The molecule has 0 aliphatic heterocycles. The standard InChI is InChI=1S/C6H8N2O2.Hg/c1-4-3-8(2)6(10)7-5(4)9;/h3H,1-2H3,(H,7,9,10);. The van der Waals surface area contributed by atoms with Crippen molar-refractivity contribution in [2.45, 2.75) is 6.92 Å². The third-order valence-corrected chi connectivity index (χ3v) is 1.29. The summed E-state index contributed by atoms with van der Waals surface area (Å²) in [4.78, 5) is 23.6. The third kappa shape index (κ3) is 2.29. The minimum Gasteiger partial charge on any atom is -0.303 e. The molecule has 0 saturated carbocycles. The first-order chi connectivity index (χ1) is 4.61. The minimum absolute atomic E-state index is 0. The third-order valence-electron chi connectivity index (χ3n) is 1.29. The van der Waals surface area contributed by atoms with E-state index in [-0.39, 0.29) is 38.9 Å². The summed E-state index contributed by atoms with van der Waals surface area (Å²) in [5.41, 5.74) is -0.152. The van der Waals surface area contributed by atoms with Gasteiger partial charge in [-0.15, -0.1) is 0 Å². The number of H-pyrrole nitrogens is 1. The molecule has 1 aromatic heterocycles. The van der Waals surface area contributed by atoms with Crippen LogP contribution in [0.1, 0.15) is 5.56 Å². The number of aryl methyl sites for hydroxylation is 2. The van der Waals surface area contributed by atoms with Gasteiger partial charge in [0.25, 0.3) is 5.56 Å². The summed E-state index contributed by atoms with van der Waals surface area (Å²) in [6.45, 7) is 1.65. The van der Waals surface area contributed by atoms with Gasteiger partial charge in [0.2, 0.25) is 0 Å². The van der Waals surface area contributed by atoms with Gasteiger partial charge in [0.15, 0.2) is 0 Å². The molecule has 0 bridgehead atoms. The van der Waals surface area contributed by atoms with Gasteiger partial charge in [-0.3, -0.25) is 9.78 Å². The summed E-state index contributed by atoms with van der Waals surface area (Å²) >= 11 is 0. The molecule has 0 saturated heterocycles. The SMILES string of the molecule is Cc1cn(C)c(=O)[nH]c1=O.[Hg]. The molecule has 1 heterocycles. The molecule has 11 heavy (non-hydrogen) atoms. The maximum absolute atomic E-state index is 10.7. The fraction of sp³-hybridized carbons (Fsp3) is 0.333. The van der Waals surface area contributed by atoms with Crippen molar-refractivity contribution >= 4 is 0 Å². The topological polar surface area (TPSA) is 54.9 Å². The maximum Gasteiger partial charge on any atom is 0.328 e. The zero-order valence-electron chi connectivity index (χ0n) is 6.55. The summed E-state index contributed by atoms with van der Waals surface area (Å²) in [6, 6.07) is 0. The molecule has 1 rings (SSSR count). The van der Waals surface area contributed by atoms with Crippen molar-refractivity contribution in [3.05, 3.63) is 32.6 Å². The molecular formula is C6H8HgN2O2. The van der Waals surface area contributed by atoms with Crippen LogP contribution in [0.15, 0.2) is 15.8 Å². The van der Waals surface area contributed by atoms with Gasteiger partial charge < -0.3 is 4.57 Å². The fourth-order valence-corrected chi connectivity index (χ4v) is 0.692. The first-order valence-electron chi connectivity index (χ1n) is 2.88. The molecule has 4 nitrogen and oxygen atoms in total. The molecule has 0 radical (unpaired) electrons. The number of nitrogens with zero attached hydrogens (tertiary/aromatic N) is 1. The predicted octanol–water partition coefficient (Wildman–Crippen LogP) is -0.620. The van der Waals surface area contributed by atoms with Crippen molar-refractivity contribution in [2.75, 3.05) is 0 Å². The quantitative estimate of drug-likeness (QED) is 0.640. The van der Waals surface area contributed by atoms with Crippen LogP contribution in [0.5, 0.6) is 0 Å². The average molecular weight is 341 g/mol. The van der Waals surface area contributed by atoms with Crippen LogP contribution in [0.3, 0.4) is 0 Å². The van der Waals surface area contributed by atoms with Crippen molar-refractivity contribution in [2.24, 2.45) is 7.05 Å². The number of aromatic nitrogens is 2. The van der Waals surface area contributed by atoms with E-state index in [1.807, 2.05) is 0 Å². The van der Waals surface area contributed by atoms with Crippen molar-refractivity contribution in [3.8, 4) is 0 Å². The second-order valence-electron chi connectivity index (χ2n) is 2.18. The van der Waals surface area contributed by atoms with Crippen LogP contribution >= 0.6 is 0 Å². The molecule has 5 heteroatoms. The summed E-state index contributed by atoms with van der Waals surface area (Å²) in [7, 11) is 1.59. The van der Waals surface area contributed by atoms with E-state index >= 15 is 0 Å². The number of rotatable bonds is 0. The molecule has 1 aromatic rings. The number of hydrogen-bond acceptors (Lipinski definition) is 2. The Kier molecular flexibility index (Phi) is 3.72. The van der Waals surface area contributed by atoms with Gasteiger partial charge in [-0.05, 0) is 6.92 Å². The second-order valence-corrected chi connectivity index (χ2v) is 2.18. The minimum atomic E-state index is -0.379. The largest absolute Gasteiger partial charge is 0.328 e. The molecule has 1 N–H and O–H groups in total. The summed E-state index contributed by atoms with van der Waals surface area (Å²) < 4.78 is 1.33. The van der Waals surface area contributed by atoms with Crippen LogP contribution in [0.25, 0.3) is 0 Å². The van der Waals surface area contributed by atoms with Gasteiger partial charge in [-0.25, -0.2) is 4.79 Å². The van der Waals surface area contributed by atoms with Gasteiger partial charge in [0, 0.05) is 46.5 Å². The summed E-state index contributed by atoms with van der Waals surface area (Å²) in [6.07, 6.45) is 1.50. The fourth-order valence-electron chi connectivity index (χ4n) is 0.692. The monoisotopic (exact) mass is 342 g/mol. The Morgan fingerprint density at radius 1 is 1.45 bits per heavy atom. The van der Waals surface area contributed by atoms with Gasteiger partial charge in [-0.2, -0.15) is 0 Å². The predicted molar refractivity (Wildman–Crippen MR) is 37.0 cm³/mol. The molecule has 0 fully saturated rings. The molecule has 56 valence electrons. The van der Waals surface area contributed by atoms with E-state index in [0.29, 0.717) is 5.56 Å². The van der Waals surface area contributed by atoms with Crippen LogP contribution in [0.2, 0.25) is 0 Å². The average Bonchev–Trinajstić information content (AvgIpc) is 1.84. The van der Waals surface area contributed by atoms with Crippen LogP contribution in [-0.2, 0) is 34.7 Å². The number of hydrogen-bond donors (Lipinski definition) is 1. The summed E-state index contributed by atoms with van der Waals surface area (Å²) in [5, 5.41) is 0. The molecular weight excluding hydrogens is 333 g/mol. The Balaban J connectivity index is 0.000001000. The molecule has 0 aromatic carbocycles. The number of aromatic amines is 1. The van der Waals surface area contributed by atoms with Crippen molar-refractivity contribution in [3.63, 3.8) is 0 Å². The van der Waals surface area contributed by atoms with Gasteiger partial charge in [-0.1, -0.05) is 0 Å². The molecule has 0 aliphatic carbocycles. The zero-order valence-corrected chi connectivity index (χ0v) is 12.0. The Morgan fingerprint density at radius 3 is 2.45 bits per heavy atom. The van der Waals surface area contributed by atoms with E-state index in [9.17, 15) is 9.59 Å². The van der Waals surface area contributed by atoms with E-state index in [1.165, 1.54) is 10.8 Å². The van der Waals surface area contributed by atoms with Crippen LogP contribution in [0.4, 0.5) is 0 Å². The van der Waals surface area contributed by atoms with Gasteiger partial charge in [0.05, 0.1) is 0 Å². The van der Waals surface area contributed by atoms with Crippen molar-refractivity contribution < 1.29 is 27.7 Å². The molecule has 0 atom stereocenters. The van der Waals surface area contributed by atoms with Crippen LogP contribution < -0.4 is 11.2 Å². The normalized spacial score (nSPS) is 8.91. The molecule has 0 unspecified atom stereocenters. The second kappa shape index (κ2) is 3.85. The van der Waals surface area contributed by atoms with E-state index in [2.05, 4.69) is 4.98 Å². The van der Waals surface area contributed by atoms with E-state index in [1.54, 1.807) is 14.0 Å². The first kappa shape index (κ1) is 10.6. The molecule has 0 amide bonds. The van der Waals surface area contributed by atoms with Gasteiger partial charge >= 0.3 is 5.69 Å². The van der Waals surface area contributed by atoms with Gasteiger partial charge in [0.1, 0.15) is 0 Å².